The lowest BCUT2D eigenvalue weighted by Gasteiger charge is -2.38. The summed E-state index contributed by atoms with van der Waals surface area (Å²) >= 11 is 1.77. The van der Waals surface area contributed by atoms with Crippen LogP contribution in [0.25, 0.3) is 0 Å². The highest BCUT2D eigenvalue weighted by Gasteiger charge is 2.34. The summed E-state index contributed by atoms with van der Waals surface area (Å²) in [5.41, 5.74) is 3.56. The van der Waals surface area contributed by atoms with Gasteiger partial charge in [0.1, 0.15) is 6.54 Å². The fourth-order valence-corrected chi connectivity index (χ4v) is 4.77. The normalized spacial score (nSPS) is 15.9. The Balaban J connectivity index is 1.92. The van der Waals surface area contributed by atoms with Crippen LogP contribution in [0.2, 0.25) is 0 Å². The lowest BCUT2D eigenvalue weighted by Crippen LogP contribution is -2.49. The Hall–Kier alpha value is -2.34. The van der Waals surface area contributed by atoms with Gasteiger partial charge in [-0.15, -0.1) is 11.3 Å². The number of amides is 3. The van der Waals surface area contributed by atoms with Gasteiger partial charge >= 0.3 is 6.03 Å². The number of rotatable bonds is 5. The van der Waals surface area contributed by atoms with Crippen molar-refractivity contribution in [3.8, 4) is 0 Å². The Labute approximate surface area is 171 Å². The fourth-order valence-electron chi connectivity index (χ4n) is 3.86. The molecule has 0 N–H and O–H groups in total. The molecule has 1 aliphatic heterocycles. The summed E-state index contributed by atoms with van der Waals surface area (Å²) in [6.07, 6.45) is 1.69. The minimum atomic E-state index is -0.115. The van der Waals surface area contributed by atoms with E-state index in [2.05, 4.69) is 30.5 Å². The van der Waals surface area contributed by atoms with E-state index in [1.165, 1.54) is 20.9 Å². The third kappa shape index (κ3) is 4.07. The third-order valence-electron chi connectivity index (χ3n) is 5.24. The van der Waals surface area contributed by atoms with Gasteiger partial charge in [-0.3, -0.25) is 4.79 Å². The Morgan fingerprint density at radius 3 is 2.61 bits per heavy atom. The molecule has 150 valence electrons. The van der Waals surface area contributed by atoms with E-state index in [9.17, 15) is 9.59 Å². The molecule has 2 aromatic rings. The first-order valence-electron chi connectivity index (χ1n) is 9.81. The first-order valence-corrected chi connectivity index (χ1v) is 10.7. The smallest absolute Gasteiger partial charge is 0.319 e. The molecule has 3 amide bonds. The van der Waals surface area contributed by atoms with Crippen LogP contribution in [-0.4, -0.2) is 60.4 Å². The van der Waals surface area contributed by atoms with Gasteiger partial charge in [0.05, 0.1) is 6.04 Å². The number of urea groups is 1. The molecule has 0 saturated heterocycles. The first kappa shape index (κ1) is 20.4. The van der Waals surface area contributed by atoms with Crippen molar-refractivity contribution in [1.29, 1.82) is 0 Å². The molecule has 0 spiro atoms. The largest absolute Gasteiger partial charge is 0.331 e. The Bertz CT molecular complexity index is 846. The molecular formula is C22H29N3O2S. The molecule has 0 bridgehead atoms. The van der Waals surface area contributed by atoms with Gasteiger partial charge in [-0.05, 0) is 47.9 Å². The molecule has 0 unspecified atom stereocenters. The quantitative estimate of drug-likeness (QED) is 0.765. The van der Waals surface area contributed by atoms with Gasteiger partial charge in [0.25, 0.3) is 0 Å². The maximum atomic E-state index is 13.4. The zero-order valence-electron chi connectivity index (χ0n) is 17.1. The fraction of sp³-hybridized carbons (Fsp3) is 0.455. The molecule has 0 fully saturated rings. The van der Waals surface area contributed by atoms with Crippen LogP contribution in [0, 0.1) is 6.92 Å². The first-order chi connectivity index (χ1) is 13.4. The van der Waals surface area contributed by atoms with Crippen molar-refractivity contribution in [2.75, 3.05) is 33.7 Å². The van der Waals surface area contributed by atoms with Gasteiger partial charge in [0.2, 0.25) is 5.91 Å². The number of carbonyl (C=O) groups is 2. The SMILES string of the molecule is CCCN(CC(=O)N1CCc2sccc2[C@H]1c1ccccc1C)C(=O)N(C)C. The molecule has 28 heavy (non-hydrogen) atoms. The highest BCUT2D eigenvalue weighted by Crippen LogP contribution is 2.38. The van der Waals surface area contributed by atoms with E-state index in [4.69, 9.17) is 0 Å². The zero-order chi connectivity index (χ0) is 20.3. The maximum absolute atomic E-state index is 13.4. The van der Waals surface area contributed by atoms with Crippen molar-refractivity contribution < 1.29 is 9.59 Å². The number of hydrogen-bond donors (Lipinski definition) is 0. The molecule has 1 aromatic carbocycles. The van der Waals surface area contributed by atoms with Gasteiger partial charge in [0, 0.05) is 32.1 Å². The summed E-state index contributed by atoms with van der Waals surface area (Å²) in [7, 11) is 3.45. The number of carbonyl (C=O) groups excluding carboxylic acids is 2. The molecule has 3 rings (SSSR count). The van der Waals surface area contributed by atoms with Crippen LogP contribution in [0.15, 0.2) is 35.7 Å². The second-order valence-corrected chi connectivity index (χ2v) is 8.49. The Morgan fingerprint density at radius 1 is 1.18 bits per heavy atom. The molecule has 1 aromatic heterocycles. The lowest BCUT2D eigenvalue weighted by atomic mass is 9.90. The van der Waals surface area contributed by atoms with Crippen LogP contribution in [0.1, 0.15) is 41.0 Å². The predicted octanol–water partition coefficient (Wildman–Crippen LogP) is 3.92. The van der Waals surface area contributed by atoms with E-state index in [0.717, 1.165) is 18.4 Å². The van der Waals surface area contributed by atoms with E-state index in [0.29, 0.717) is 13.1 Å². The van der Waals surface area contributed by atoms with E-state index >= 15 is 0 Å². The van der Waals surface area contributed by atoms with Gasteiger partial charge in [-0.1, -0.05) is 31.2 Å². The zero-order valence-corrected chi connectivity index (χ0v) is 18.0. The highest BCUT2D eigenvalue weighted by molar-refractivity contribution is 7.10. The van der Waals surface area contributed by atoms with E-state index in [1.807, 2.05) is 24.0 Å². The van der Waals surface area contributed by atoms with Crippen molar-refractivity contribution in [3.05, 3.63) is 57.3 Å². The Kier molecular flexibility index (Phi) is 6.39. The number of benzene rings is 1. The molecule has 2 heterocycles. The van der Waals surface area contributed by atoms with Crippen molar-refractivity contribution in [2.24, 2.45) is 0 Å². The number of nitrogens with zero attached hydrogens (tertiary/aromatic N) is 3. The lowest BCUT2D eigenvalue weighted by molar-refractivity contribution is -0.134. The van der Waals surface area contributed by atoms with Gasteiger partial charge in [-0.2, -0.15) is 0 Å². The van der Waals surface area contributed by atoms with Crippen LogP contribution >= 0.6 is 11.3 Å². The predicted molar refractivity (Wildman–Crippen MR) is 114 cm³/mol. The average molecular weight is 400 g/mol. The number of hydrogen-bond acceptors (Lipinski definition) is 3. The average Bonchev–Trinajstić information content (AvgIpc) is 3.15. The molecule has 5 nitrogen and oxygen atoms in total. The number of aryl methyl sites for hydroxylation is 1. The van der Waals surface area contributed by atoms with Gasteiger partial charge < -0.3 is 14.7 Å². The number of thiophene rings is 1. The topological polar surface area (TPSA) is 43.9 Å². The van der Waals surface area contributed by atoms with Crippen LogP contribution < -0.4 is 0 Å². The van der Waals surface area contributed by atoms with Crippen LogP contribution in [0.4, 0.5) is 4.79 Å². The van der Waals surface area contributed by atoms with E-state index in [1.54, 1.807) is 30.3 Å². The maximum Gasteiger partial charge on any atom is 0.319 e. The minimum absolute atomic E-state index is 0.00810. The van der Waals surface area contributed by atoms with Gasteiger partial charge in [0.15, 0.2) is 0 Å². The standard InChI is InChI=1S/C22H29N3O2S/c1-5-12-24(22(27)23(3)4)15-20(26)25-13-10-19-18(11-14-28-19)21(25)17-9-7-6-8-16(17)2/h6-9,11,14,21H,5,10,12-13,15H2,1-4H3/t21-/m1/s1. The summed E-state index contributed by atoms with van der Waals surface area (Å²) in [6, 6.07) is 10.2. The third-order valence-corrected chi connectivity index (χ3v) is 6.24. The summed E-state index contributed by atoms with van der Waals surface area (Å²) in [5, 5.41) is 2.11. The molecule has 1 aliphatic rings. The van der Waals surface area contributed by atoms with Crippen LogP contribution in [0.3, 0.4) is 0 Å². The molecule has 6 heteroatoms. The molecule has 0 radical (unpaired) electrons. The number of fused-ring (bicyclic) bond motifs is 1. The monoisotopic (exact) mass is 399 g/mol. The summed E-state index contributed by atoms with van der Waals surface area (Å²) < 4.78 is 0. The second kappa shape index (κ2) is 8.78. The van der Waals surface area contributed by atoms with Crippen molar-refractivity contribution in [1.82, 2.24) is 14.7 Å². The Morgan fingerprint density at radius 2 is 1.93 bits per heavy atom. The summed E-state index contributed by atoms with van der Waals surface area (Å²) in [6.45, 7) is 5.50. The second-order valence-electron chi connectivity index (χ2n) is 7.49. The van der Waals surface area contributed by atoms with Crippen molar-refractivity contribution in [3.63, 3.8) is 0 Å². The molecule has 0 saturated carbocycles. The van der Waals surface area contributed by atoms with Crippen LogP contribution in [0.5, 0.6) is 0 Å². The van der Waals surface area contributed by atoms with E-state index in [-0.39, 0.29) is 24.5 Å². The summed E-state index contributed by atoms with van der Waals surface area (Å²) in [5.74, 6) is 0.00810. The highest BCUT2D eigenvalue weighted by atomic mass is 32.1. The van der Waals surface area contributed by atoms with Gasteiger partial charge in [-0.25, -0.2) is 4.79 Å². The molecular weight excluding hydrogens is 370 g/mol. The van der Waals surface area contributed by atoms with Crippen molar-refractivity contribution in [2.45, 2.75) is 32.7 Å². The minimum Gasteiger partial charge on any atom is -0.331 e. The molecule has 1 atom stereocenters. The van der Waals surface area contributed by atoms with Crippen LogP contribution in [-0.2, 0) is 11.2 Å². The van der Waals surface area contributed by atoms with E-state index < -0.39 is 0 Å². The van der Waals surface area contributed by atoms with Crippen molar-refractivity contribution >= 4 is 23.3 Å². The molecule has 0 aliphatic carbocycles. The summed E-state index contributed by atoms with van der Waals surface area (Å²) in [4.78, 5) is 32.4.